The number of rotatable bonds is 5. The summed E-state index contributed by atoms with van der Waals surface area (Å²) in [5.41, 5.74) is 1.30. The van der Waals surface area contributed by atoms with Gasteiger partial charge in [-0.2, -0.15) is 0 Å². The molecule has 0 radical (unpaired) electrons. The number of aliphatic hydroxyl groups excluding tert-OH is 1. The maximum atomic E-state index is 12.5. The zero-order valence-electron chi connectivity index (χ0n) is 15.6. The number of benzene rings is 1. The van der Waals surface area contributed by atoms with E-state index in [9.17, 15) is 14.7 Å². The third-order valence-electron chi connectivity index (χ3n) is 5.40. The summed E-state index contributed by atoms with van der Waals surface area (Å²) < 4.78 is 11.1. The van der Waals surface area contributed by atoms with Gasteiger partial charge in [0.25, 0.3) is 0 Å². The molecule has 0 saturated carbocycles. The van der Waals surface area contributed by atoms with Crippen LogP contribution in [0, 0.1) is 0 Å². The molecule has 1 aromatic rings. The highest BCUT2D eigenvalue weighted by atomic mass is 16.6. The molecule has 2 heterocycles. The average Bonchev–Trinajstić information content (AvgIpc) is 2.78. The summed E-state index contributed by atoms with van der Waals surface area (Å²) in [7, 11) is 1.88. The quantitative estimate of drug-likeness (QED) is 0.630. The summed E-state index contributed by atoms with van der Waals surface area (Å²) in [6.07, 6.45) is -0.906. The molecule has 0 unspecified atom stereocenters. The van der Waals surface area contributed by atoms with Crippen molar-refractivity contribution < 1.29 is 24.2 Å². The number of hydrogen-bond donors (Lipinski definition) is 1. The van der Waals surface area contributed by atoms with Crippen LogP contribution in [0.25, 0.3) is 5.57 Å². The molecule has 144 valence electrons. The van der Waals surface area contributed by atoms with Gasteiger partial charge in [0.2, 0.25) is 0 Å². The molecule has 0 spiro atoms. The second-order valence-electron chi connectivity index (χ2n) is 7.28. The number of nitrogens with zero attached hydrogens (tertiary/aromatic N) is 1. The molecule has 2 aliphatic rings. The summed E-state index contributed by atoms with van der Waals surface area (Å²) in [6, 6.07) is 8.68. The van der Waals surface area contributed by atoms with Crippen LogP contribution in [-0.2, 0) is 19.1 Å². The van der Waals surface area contributed by atoms with Gasteiger partial charge in [-0.3, -0.25) is 4.90 Å². The first kappa shape index (κ1) is 19.3. The van der Waals surface area contributed by atoms with E-state index in [2.05, 4.69) is 13.2 Å². The number of hydrogen-bond acceptors (Lipinski definition) is 6. The van der Waals surface area contributed by atoms with Gasteiger partial charge < -0.3 is 14.6 Å². The lowest BCUT2D eigenvalue weighted by Crippen LogP contribution is -2.46. The predicted molar refractivity (Wildman–Crippen MR) is 101 cm³/mol. The molecule has 6 heteroatoms. The van der Waals surface area contributed by atoms with E-state index >= 15 is 0 Å². The first-order valence-electron chi connectivity index (χ1n) is 9.01. The molecule has 2 saturated heterocycles. The van der Waals surface area contributed by atoms with Crippen LogP contribution in [0.5, 0.6) is 0 Å². The number of piperidine rings is 1. The molecule has 0 amide bonds. The van der Waals surface area contributed by atoms with Crippen LogP contribution in [-0.4, -0.2) is 59.4 Å². The summed E-state index contributed by atoms with van der Waals surface area (Å²) in [6.45, 7) is 8.98. The van der Waals surface area contributed by atoms with E-state index in [-0.39, 0.29) is 23.8 Å². The van der Waals surface area contributed by atoms with Crippen molar-refractivity contribution in [1.82, 2.24) is 4.90 Å². The minimum Gasteiger partial charge on any atom is -0.459 e. The number of fused-ring (bicyclic) bond motifs is 2. The lowest BCUT2D eigenvalue weighted by molar-refractivity contribution is -0.151. The SMILES string of the molecule is C=C(C)C(=O)O[C@H]1[C@@H](O)[C@@H]2C[C@H](OC(=O)C(=C)c3ccccc3)C[C@H]1N2C. The topological polar surface area (TPSA) is 76.1 Å². The Morgan fingerprint density at radius 3 is 2.33 bits per heavy atom. The lowest BCUT2D eigenvalue weighted by Gasteiger charge is -2.36. The summed E-state index contributed by atoms with van der Waals surface area (Å²) in [5, 5.41) is 10.6. The van der Waals surface area contributed by atoms with E-state index < -0.39 is 24.1 Å². The van der Waals surface area contributed by atoms with Crippen molar-refractivity contribution in [3.63, 3.8) is 0 Å². The van der Waals surface area contributed by atoms with Crippen LogP contribution in [0.1, 0.15) is 25.3 Å². The van der Waals surface area contributed by atoms with Gasteiger partial charge in [0.05, 0.1) is 11.6 Å². The number of carbonyl (C=O) groups excluding carboxylic acids is 2. The first-order chi connectivity index (χ1) is 12.8. The van der Waals surface area contributed by atoms with Crippen molar-refractivity contribution in [3.8, 4) is 0 Å². The summed E-state index contributed by atoms with van der Waals surface area (Å²) in [4.78, 5) is 26.4. The molecule has 2 bridgehead atoms. The Balaban J connectivity index is 1.67. The molecular weight excluding hydrogens is 346 g/mol. The van der Waals surface area contributed by atoms with Crippen LogP contribution in [0.2, 0.25) is 0 Å². The van der Waals surface area contributed by atoms with Crippen molar-refractivity contribution in [2.45, 2.75) is 50.2 Å². The molecule has 5 atom stereocenters. The van der Waals surface area contributed by atoms with Crippen molar-refractivity contribution in [2.75, 3.05) is 7.05 Å². The van der Waals surface area contributed by atoms with E-state index in [4.69, 9.17) is 9.47 Å². The monoisotopic (exact) mass is 371 g/mol. The van der Waals surface area contributed by atoms with Crippen molar-refractivity contribution >= 4 is 17.5 Å². The van der Waals surface area contributed by atoms with E-state index in [1.165, 1.54) is 0 Å². The normalized spacial score (nSPS) is 29.8. The standard InChI is InChI=1S/C21H25NO5/c1-12(2)20(24)27-19-17-11-15(10-16(18(19)23)22(17)4)26-21(25)13(3)14-8-6-5-7-9-14/h5-9,15-19,23H,1,3,10-11H2,2,4H3/t15-,16-,17+,18-,19+/m0/s1. The minimum absolute atomic E-state index is 0.218. The third kappa shape index (κ3) is 3.82. The molecule has 2 fully saturated rings. The summed E-state index contributed by atoms with van der Waals surface area (Å²) in [5.74, 6) is -0.994. The maximum Gasteiger partial charge on any atom is 0.338 e. The van der Waals surface area contributed by atoms with Crippen molar-refractivity contribution in [3.05, 3.63) is 54.6 Å². The fourth-order valence-corrected chi connectivity index (χ4v) is 3.85. The van der Waals surface area contributed by atoms with Gasteiger partial charge in [-0.25, -0.2) is 9.59 Å². The molecule has 1 N–H and O–H groups in total. The van der Waals surface area contributed by atoms with E-state index in [0.29, 0.717) is 24.0 Å². The van der Waals surface area contributed by atoms with Gasteiger partial charge in [0.15, 0.2) is 0 Å². The van der Waals surface area contributed by atoms with Crippen LogP contribution >= 0.6 is 0 Å². The Bertz CT molecular complexity index is 759. The second-order valence-corrected chi connectivity index (χ2v) is 7.28. The maximum absolute atomic E-state index is 12.5. The highest BCUT2D eigenvalue weighted by Crippen LogP contribution is 2.38. The second kappa shape index (κ2) is 7.66. The van der Waals surface area contributed by atoms with E-state index in [0.717, 1.165) is 0 Å². The fraction of sp³-hybridized carbons (Fsp3) is 0.429. The molecule has 6 nitrogen and oxygen atoms in total. The predicted octanol–water partition coefficient (Wildman–Crippen LogP) is 1.94. The lowest BCUT2D eigenvalue weighted by atomic mass is 9.99. The van der Waals surface area contributed by atoms with Gasteiger partial charge in [0, 0.05) is 24.5 Å². The Kier molecular flexibility index (Phi) is 5.48. The minimum atomic E-state index is -0.829. The average molecular weight is 371 g/mol. The third-order valence-corrected chi connectivity index (χ3v) is 5.40. The Labute approximate surface area is 159 Å². The van der Waals surface area contributed by atoms with E-state index in [1.54, 1.807) is 19.1 Å². The molecule has 1 aromatic carbocycles. The van der Waals surface area contributed by atoms with Gasteiger partial charge in [-0.05, 0) is 19.5 Å². The highest BCUT2D eigenvalue weighted by molar-refractivity contribution is 6.15. The van der Waals surface area contributed by atoms with Crippen LogP contribution in [0.4, 0.5) is 0 Å². The number of aliphatic hydroxyl groups is 1. The van der Waals surface area contributed by atoms with Gasteiger partial charge in [0.1, 0.15) is 18.3 Å². The molecule has 27 heavy (non-hydrogen) atoms. The Morgan fingerprint density at radius 2 is 1.70 bits per heavy atom. The smallest absolute Gasteiger partial charge is 0.338 e. The van der Waals surface area contributed by atoms with Gasteiger partial charge in [-0.15, -0.1) is 0 Å². The first-order valence-corrected chi connectivity index (χ1v) is 9.01. The van der Waals surface area contributed by atoms with Gasteiger partial charge >= 0.3 is 11.9 Å². The van der Waals surface area contributed by atoms with Crippen LogP contribution in [0.15, 0.2) is 49.1 Å². The van der Waals surface area contributed by atoms with E-state index in [1.807, 2.05) is 30.1 Å². The number of carbonyl (C=O) groups is 2. The van der Waals surface area contributed by atoms with Crippen LogP contribution < -0.4 is 0 Å². The fourth-order valence-electron chi connectivity index (χ4n) is 3.85. The zero-order valence-corrected chi connectivity index (χ0v) is 15.6. The number of esters is 2. The molecule has 3 rings (SSSR count). The number of likely N-dealkylation sites (N-methyl/N-ethyl adjacent to an activating group) is 1. The number of ether oxygens (including phenoxy) is 2. The van der Waals surface area contributed by atoms with Crippen molar-refractivity contribution in [1.29, 1.82) is 0 Å². The van der Waals surface area contributed by atoms with Gasteiger partial charge in [-0.1, -0.05) is 43.5 Å². The largest absolute Gasteiger partial charge is 0.459 e. The Hall–Kier alpha value is -2.44. The summed E-state index contributed by atoms with van der Waals surface area (Å²) >= 11 is 0. The molecule has 0 aromatic heterocycles. The molecular formula is C21H25NO5. The van der Waals surface area contributed by atoms with Crippen molar-refractivity contribution in [2.24, 2.45) is 0 Å². The van der Waals surface area contributed by atoms with Crippen LogP contribution in [0.3, 0.4) is 0 Å². The Morgan fingerprint density at radius 1 is 1.07 bits per heavy atom. The molecule has 2 aliphatic heterocycles. The molecule has 0 aliphatic carbocycles. The zero-order chi connectivity index (χ0) is 19.7. The highest BCUT2D eigenvalue weighted by Gasteiger charge is 2.53.